The first-order valence-electron chi connectivity index (χ1n) is 10.5. The second-order valence-electron chi connectivity index (χ2n) is 7.87. The van der Waals surface area contributed by atoms with Crippen LogP contribution in [0.15, 0.2) is 56.7 Å². The van der Waals surface area contributed by atoms with Crippen LogP contribution >= 0.6 is 11.6 Å². The molecule has 4 rings (SSSR count). The molecule has 0 aliphatic heterocycles. The number of rotatable bonds is 6. The highest BCUT2D eigenvalue weighted by atomic mass is 35.5. The molecule has 3 aromatic heterocycles. The van der Waals surface area contributed by atoms with Gasteiger partial charge in [-0.25, -0.2) is 14.6 Å². The number of ether oxygens (including phenoxy) is 1. The number of amides is 1. The highest BCUT2D eigenvalue weighted by Crippen LogP contribution is 2.22. The van der Waals surface area contributed by atoms with Crippen LogP contribution in [0.3, 0.4) is 0 Å². The van der Waals surface area contributed by atoms with Crippen LogP contribution in [0.4, 0.5) is 5.69 Å². The summed E-state index contributed by atoms with van der Waals surface area (Å²) in [6.45, 7) is 2.77. The van der Waals surface area contributed by atoms with Crippen molar-refractivity contribution in [1.29, 1.82) is 0 Å². The number of aromatic nitrogens is 3. The Bertz CT molecular complexity index is 1570. The maximum Gasteiger partial charge on any atom is 0.338 e. The Morgan fingerprint density at radius 2 is 1.91 bits per heavy atom. The lowest BCUT2D eigenvalue weighted by Gasteiger charge is -2.15. The second kappa shape index (κ2) is 9.59. The average Bonchev–Trinajstić information content (AvgIpc) is 3.33. The molecule has 35 heavy (non-hydrogen) atoms. The number of fused-ring (bicyclic) bond motifs is 1. The van der Waals surface area contributed by atoms with E-state index in [1.165, 1.54) is 24.0 Å². The van der Waals surface area contributed by atoms with E-state index in [1.807, 2.05) is 6.92 Å². The minimum Gasteiger partial charge on any atom is -0.467 e. The molecule has 1 N–H and O–H groups in total. The van der Waals surface area contributed by atoms with Crippen molar-refractivity contribution in [2.75, 3.05) is 12.4 Å². The molecule has 0 unspecified atom stereocenters. The van der Waals surface area contributed by atoms with Crippen LogP contribution in [0.5, 0.6) is 0 Å². The van der Waals surface area contributed by atoms with E-state index in [-0.39, 0.29) is 23.1 Å². The Balaban J connectivity index is 1.88. The third-order valence-electron chi connectivity index (χ3n) is 5.30. The molecule has 180 valence electrons. The Morgan fingerprint density at radius 3 is 2.57 bits per heavy atom. The van der Waals surface area contributed by atoms with Crippen LogP contribution in [-0.4, -0.2) is 33.1 Å². The van der Waals surface area contributed by atoms with Crippen LogP contribution in [0, 0.1) is 13.8 Å². The molecule has 11 heteroatoms. The number of furan rings is 1. The van der Waals surface area contributed by atoms with E-state index in [9.17, 15) is 19.2 Å². The topological polar surface area (TPSA) is 125 Å². The van der Waals surface area contributed by atoms with Gasteiger partial charge in [0.1, 0.15) is 12.3 Å². The summed E-state index contributed by atoms with van der Waals surface area (Å²) >= 11 is 6.19. The van der Waals surface area contributed by atoms with E-state index in [2.05, 4.69) is 10.3 Å². The van der Waals surface area contributed by atoms with Gasteiger partial charge in [-0.15, -0.1) is 0 Å². The molecule has 4 aromatic rings. The molecule has 0 fully saturated rings. The van der Waals surface area contributed by atoms with Crippen LogP contribution in [-0.2, 0) is 22.6 Å². The van der Waals surface area contributed by atoms with Gasteiger partial charge in [0.05, 0.1) is 41.6 Å². The summed E-state index contributed by atoms with van der Waals surface area (Å²) in [7, 11) is 1.18. The summed E-state index contributed by atoms with van der Waals surface area (Å²) in [6.07, 6.45) is 1.44. The van der Waals surface area contributed by atoms with Crippen molar-refractivity contribution in [2.45, 2.75) is 26.9 Å². The van der Waals surface area contributed by atoms with Gasteiger partial charge in [-0.3, -0.25) is 18.7 Å². The van der Waals surface area contributed by atoms with E-state index >= 15 is 0 Å². The molecule has 0 atom stereocenters. The number of aryl methyl sites for hydroxylation is 2. The standard InChI is InChI=1S/C24H21ClN4O6/c1-13-6-7-18(17(25)9-13)27-19(30)12-29-22(31)20-16(23(32)34-3)10-14(2)26-21(20)28(24(29)33)11-15-5-4-8-35-15/h4-10H,11-12H2,1-3H3,(H,27,30). The number of carbonyl (C=O) groups is 2. The molecule has 0 saturated heterocycles. The largest absolute Gasteiger partial charge is 0.467 e. The number of esters is 1. The number of carbonyl (C=O) groups excluding carboxylic acids is 2. The highest BCUT2D eigenvalue weighted by Gasteiger charge is 2.23. The summed E-state index contributed by atoms with van der Waals surface area (Å²) in [6, 6.07) is 9.75. The summed E-state index contributed by atoms with van der Waals surface area (Å²) in [4.78, 5) is 56.5. The Morgan fingerprint density at radius 1 is 1.14 bits per heavy atom. The number of nitrogens with zero attached hydrogens (tertiary/aromatic N) is 3. The lowest BCUT2D eigenvalue weighted by molar-refractivity contribution is -0.116. The number of nitrogens with one attached hydrogen (secondary N) is 1. The molecule has 0 bridgehead atoms. The molecular weight excluding hydrogens is 476 g/mol. The van der Waals surface area contributed by atoms with Gasteiger partial charge in [-0.2, -0.15) is 0 Å². The third-order valence-corrected chi connectivity index (χ3v) is 5.62. The summed E-state index contributed by atoms with van der Waals surface area (Å²) in [5, 5.41) is 2.77. The van der Waals surface area contributed by atoms with Crippen molar-refractivity contribution >= 4 is 40.2 Å². The molecule has 10 nitrogen and oxygen atoms in total. The zero-order valence-corrected chi connectivity index (χ0v) is 19.9. The van der Waals surface area contributed by atoms with Crippen molar-refractivity contribution in [3.63, 3.8) is 0 Å². The highest BCUT2D eigenvalue weighted by molar-refractivity contribution is 6.33. The molecular formula is C24H21ClN4O6. The first-order chi connectivity index (χ1) is 16.7. The van der Waals surface area contributed by atoms with Crippen LogP contribution in [0.1, 0.15) is 27.4 Å². The van der Waals surface area contributed by atoms with E-state index < -0.39 is 29.7 Å². The minimum absolute atomic E-state index is 0.0185. The number of anilines is 1. The molecule has 1 amide bonds. The number of halogens is 1. The fraction of sp³-hybridized carbons (Fsp3) is 0.208. The van der Waals surface area contributed by atoms with Crippen LogP contribution < -0.4 is 16.6 Å². The maximum absolute atomic E-state index is 13.4. The second-order valence-corrected chi connectivity index (χ2v) is 8.28. The minimum atomic E-state index is -0.848. The van der Waals surface area contributed by atoms with Gasteiger partial charge in [0, 0.05) is 5.69 Å². The zero-order valence-electron chi connectivity index (χ0n) is 19.1. The molecule has 0 aliphatic rings. The normalized spacial score (nSPS) is 11.0. The van der Waals surface area contributed by atoms with Gasteiger partial charge in [0.2, 0.25) is 5.91 Å². The molecule has 3 heterocycles. The predicted molar refractivity (Wildman–Crippen MR) is 129 cm³/mol. The first kappa shape index (κ1) is 24.0. The fourth-order valence-electron chi connectivity index (χ4n) is 3.69. The quantitative estimate of drug-likeness (QED) is 0.407. The van der Waals surface area contributed by atoms with Gasteiger partial charge >= 0.3 is 11.7 Å². The van der Waals surface area contributed by atoms with Crippen molar-refractivity contribution in [3.8, 4) is 0 Å². The van der Waals surface area contributed by atoms with Crippen LogP contribution in [0.25, 0.3) is 11.0 Å². The van der Waals surface area contributed by atoms with E-state index in [1.54, 1.807) is 37.3 Å². The zero-order chi connectivity index (χ0) is 25.3. The average molecular weight is 497 g/mol. The fourth-order valence-corrected chi connectivity index (χ4v) is 3.97. The molecule has 0 aliphatic carbocycles. The van der Waals surface area contributed by atoms with Gasteiger partial charge in [-0.1, -0.05) is 17.7 Å². The Kier molecular flexibility index (Phi) is 6.57. The molecule has 0 saturated carbocycles. The van der Waals surface area contributed by atoms with Gasteiger partial charge in [-0.05, 0) is 49.7 Å². The maximum atomic E-state index is 13.4. The van der Waals surface area contributed by atoms with Gasteiger partial charge in [0.25, 0.3) is 5.56 Å². The molecule has 1 aromatic carbocycles. The first-order valence-corrected chi connectivity index (χ1v) is 10.9. The lowest BCUT2D eigenvalue weighted by atomic mass is 10.1. The van der Waals surface area contributed by atoms with Crippen molar-refractivity contribution in [1.82, 2.24) is 14.1 Å². The Hall–Kier alpha value is -4.18. The number of methoxy groups -OCH3 is 1. The molecule has 0 radical (unpaired) electrons. The van der Waals surface area contributed by atoms with Crippen LogP contribution in [0.2, 0.25) is 5.02 Å². The molecule has 0 spiro atoms. The number of benzene rings is 1. The summed E-state index contributed by atoms with van der Waals surface area (Å²) in [5.41, 5.74) is -0.0951. The van der Waals surface area contributed by atoms with Gasteiger partial charge < -0.3 is 14.5 Å². The number of hydrogen-bond donors (Lipinski definition) is 1. The number of hydrogen-bond acceptors (Lipinski definition) is 7. The smallest absolute Gasteiger partial charge is 0.338 e. The number of pyridine rings is 1. The summed E-state index contributed by atoms with van der Waals surface area (Å²) in [5.74, 6) is -1.01. The van der Waals surface area contributed by atoms with Gasteiger partial charge in [0.15, 0.2) is 5.65 Å². The lowest BCUT2D eigenvalue weighted by Crippen LogP contribution is -2.43. The SMILES string of the molecule is COC(=O)c1cc(C)nc2c1c(=O)n(CC(=O)Nc1ccc(C)cc1Cl)c(=O)n2Cc1ccco1. The van der Waals surface area contributed by atoms with Crippen molar-refractivity contribution in [2.24, 2.45) is 0 Å². The monoisotopic (exact) mass is 496 g/mol. The van der Waals surface area contributed by atoms with E-state index in [0.29, 0.717) is 22.2 Å². The Labute approximate surface area is 203 Å². The van der Waals surface area contributed by atoms with Crippen molar-refractivity contribution in [3.05, 3.63) is 91.1 Å². The van der Waals surface area contributed by atoms with Crippen molar-refractivity contribution < 1.29 is 18.7 Å². The predicted octanol–water partition coefficient (Wildman–Crippen LogP) is 2.90. The third kappa shape index (κ3) is 4.73. The van der Waals surface area contributed by atoms with E-state index in [4.69, 9.17) is 20.8 Å². The van der Waals surface area contributed by atoms with E-state index in [0.717, 1.165) is 10.1 Å². The summed E-state index contributed by atoms with van der Waals surface area (Å²) < 4.78 is 12.1.